The summed E-state index contributed by atoms with van der Waals surface area (Å²) in [6, 6.07) is 10.2. The van der Waals surface area contributed by atoms with Crippen LogP contribution < -0.4 is 4.74 Å². The summed E-state index contributed by atoms with van der Waals surface area (Å²) in [7, 11) is 1.68. The number of halogens is 1. The van der Waals surface area contributed by atoms with Crippen molar-refractivity contribution in [2.24, 2.45) is 0 Å². The van der Waals surface area contributed by atoms with Crippen LogP contribution in [0, 0.1) is 0 Å². The molecule has 0 bridgehead atoms. The minimum absolute atomic E-state index is 0.350. The van der Waals surface area contributed by atoms with E-state index in [1.165, 1.54) is 20.7 Å². The molecule has 5 nitrogen and oxygen atoms in total. The number of aromatic nitrogens is 1. The van der Waals surface area contributed by atoms with E-state index in [4.69, 9.17) is 16.3 Å². The fourth-order valence-corrected chi connectivity index (χ4v) is 4.96. The normalized spacial score (nSPS) is 15.4. The van der Waals surface area contributed by atoms with Crippen molar-refractivity contribution in [2.45, 2.75) is 25.3 Å². The molecule has 0 atom stereocenters. The van der Waals surface area contributed by atoms with Crippen LogP contribution in [0.2, 0.25) is 4.34 Å². The fourth-order valence-electron chi connectivity index (χ4n) is 3.87. The Kier molecular flexibility index (Phi) is 5.02. The summed E-state index contributed by atoms with van der Waals surface area (Å²) in [5.74, 6) is 1.19. The molecule has 3 aromatic rings. The Morgan fingerprint density at radius 3 is 2.70 bits per heavy atom. The number of rotatable bonds is 4. The zero-order valence-corrected chi connectivity index (χ0v) is 16.6. The molecule has 4 rings (SSSR count). The molecular weight excluding hydrogens is 384 g/mol. The molecule has 1 aromatic carbocycles. The van der Waals surface area contributed by atoms with E-state index in [-0.39, 0.29) is 0 Å². The number of carbonyl (C=O) groups is 1. The van der Waals surface area contributed by atoms with Crippen molar-refractivity contribution in [1.82, 2.24) is 9.47 Å². The van der Waals surface area contributed by atoms with Gasteiger partial charge in [0.05, 0.1) is 18.0 Å². The number of likely N-dealkylation sites (tertiary alicyclic amines) is 1. The first-order chi connectivity index (χ1) is 13.0. The third kappa shape index (κ3) is 3.64. The average molecular weight is 405 g/mol. The van der Waals surface area contributed by atoms with Crippen LogP contribution in [-0.2, 0) is 6.54 Å². The summed E-state index contributed by atoms with van der Waals surface area (Å²) < 4.78 is 8.49. The van der Waals surface area contributed by atoms with Gasteiger partial charge >= 0.3 is 6.09 Å². The highest BCUT2D eigenvalue weighted by atomic mass is 35.5. The summed E-state index contributed by atoms with van der Waals surface area (Å²) in [6.45, 7) is 1.93. The number of methoxy groups -OCH3 is 1. The second kappa shape index (κ2) is 7.44. The van der Waals surface area contributed by atoms with Crippen molar-refractivity contribution in [1.29, 1.82) is 0 Å². The molecule has 1 fully saturated rings. The van der Waals surface area contributed by atoms with E-state index >= 15 is 0 Å². The maximum atomic E-state index is 11.2. The van der Waals surface area contributed by atoms with Crippen molar-refractivity contribution in [3.8, 4) is 5.75 Å². The lowest BCUT2D eigenvalue weighted by Crippen LogP contribution is -2.36. The molecule has 3 heterocycles. The molecule has 27 heavy (non-hydrogen) atoms. The van der Waals surface area contributed by atoms with E-state index in [1.807, 2.05) is 12.1 Å². The standard InChI is InChI=1S/C20H21ClN2O3S/c1-26-14-2-4-18-16(10-14)17(13-6-8-22(9-7-13)20(24)25)12-23(18)11-15-3-5-19(21)27-15/h2-5,10,12-13H,6-9,11H2,1H3,(H,24,25). The van der Waals surface area contributed by atoms with E-state index < -0.39 is 6.09 Å². The number of carboxylic acid groups (broad SMARTS) is 1. The minimum Gasteiger partial charge on any atom is -0.497 e. The van der Waals surface area contributed by atoms with Crippen LogP contribution in [0.3, 0.4) is 0 Å². The minimum atomic E-state index is -0.827. The first-order valence-corrected chi connectivity index (χ1v) is 10.1. The van der Waals surface area contributed by atoms with Crippen LogP contribution in [0.1, 0.15) is 29.2 Å². The average Bonchev–Trinajstić information content (AvgIpc) is 3.25. The highest BCUT2D eigenvalue weighted by molar-refractivity contribution is 7.16. The van der Waals surface area contributed by atoms with Crippen LogP contribution >= 0.6 is 22.9 Å². The van der Waals surface area contributed by atoms with Crippen LogP contribution in [-0.4, -0.2) is 40.9 Å². The van der Waals surface area contributed by atoms with Gasteiger partial charge in [-0.25, -0.2) is 4.79 Å². The van der Waals surface area contributed by atoms with Crippen molar-refractivity contribution in [3.05, 3.63) is 51.3 Å². The SMILES string of the molecule is COc1ccc2c(c1)c(C1CCN(C(=O)O)CC1)cn2Cc1ccc(Cl)s1. The summed E-state index contributed by atoms with van der Waals surface area (Å²) in [6.07, 6.45) is 3.08. The molecule has 1 aliphatic heterocycles. The predicted molar refractivity (Wildman–Crippen MR) is 108 cm³/mol. The Labute approximate surface area is 166 Å². The molecule has 1 aliphatic rings. The van der Waals surface area contributed by atoms with Crippen LogP contribution in [0.4, 0.5) is 4.79 Å². The van der Waals surface area contributed by atoms with Crippen molar-refractivity contribution in [2.75, 3.05) is 20.2 Å². The van der Waals surface area contributed by atoms with Crippen LogP contribution in [0.25, 0.3) is 10.9 Å². The number of piperidine rings is 1. The van der Waals surface area contributed by atoms with Gasteiger partial charge in [-0.3, -0.25) is 0 Å². The third-order valence-electron chi connectivity index (χ3n) is 5.28. The molecule has 0 aliphatic carbocycles. The van der Waals surface area contributed by atoms with E-state index in [0.717, 1.165) is 35.0 Å². The molecular formula is C20H21ClN2O3S. The topological polar surface area (TPSA) is 54.7 Å². The van der Waals surface area contributed by atoms with E-state index in [9.17, 15) is 9.90 Å². The zero-order chi connectivity index (χ0) is 19.0. The zero-order valence-electron chi connectivity index (χ0n) is 15.0. The highest BCUT2D eigenvalue weighted by Crippen LogP contribution is 2.37. The summed E-state index contributed by atoms with van der Waals surface area (Å²) in [4.78, 5) is 13.9. The summed E-state index contributed by atoms with van der Waals surface area (Å²) in [5.41, 5.74) is 2.44. The van der Waals surface area contributed by atoms with Gasteiger partial charge in [0.2, 0.25) is 0 Å². The predicted octanol–water partition coefficient (Wildman–Crippen LogP) is 5.27. The van der Waals surface area contributed by atoms with E-state index in [1.54, 1.807) is 18.4 Å². The lowest BCUT2D eigenvalue weighted by atomic mass is 9.89. The van der Waals surface area contributed by atoms with Gasteiger partial charge in [-0.15, -0.1) is 11.3 Å². The van der Waals surface area contributed by atoms with Gasteiger partial charge in [0.15, 0.2) is 0 Å². The molecule has 0 radical (unpaired) electrons. The van der Waals surface area contributed by atoms with Gasteiger partial charge < -0.3 is 19.3 Å². The number of ether oxygens (including phenoxy) is 1. The Morgan fingerprint density at radius 1 is 1.30 bits per heavy atom. The lowest BCUT2D eigenvalue weighted by molar-refractivity contribution is 0.132. The summed E-state index contributed by atoms with van der Waals surface area (Å²) >= 11 is 7.69. The number of thiophene rings is 1. The summed E-state index contributed by atoms with van der Waals surface area (Å²) in [5, 5.41) is 10.4. The second-order valence-electron chi connectivity index (χ2n) is 6.85. The van der Waals surface area contributed by atoms with Crippen molar-refractivity contribution < 1.29 is 14.6 Å². The molecule has 2 aromatic heterocycles. The Bertz CT molecular complexity index is 973. The van der Waals surface area contributed by atoms with Gasteiger partial charge in [-0.1, -0.05) is 11.6 Å². The monoisotopic (exact) mass is 404 g/mol. The molecule has 0 unspecified atom stereocenters. The molecule has 1 N–H and O–H groups in total. The van der Waals surface area contributed by atoms with Gasteiger partial charge in [0, 0.05) is 35.1 Å². The Morgan fingerprint density at radius 2 is 2.07 bits per heavy atom. The first kappa shape index (κ1) is 18.2. The largest absolute Gasteiger partial charge is 0.497 e. The molecule has 142 valence electrons. The molecule has 0 saturated carbocycles. The van der Waals surface area contributed by atoms with Gasteiger partial charge in [-0.05, 0) is 54.7 Å². The Hall–Kier alpha value is -2.18. The smallest absolute Gasteiger partial charge is 0.407 e. The lowest BCUT2D eigenvalue weighted by Gasteiger charge is -2.29. The first-order valence-electron chi connectivity index (χ1n) is 8.94. The van der Waals surface area contributed by atoms with Crippen molar-refractivity contribution >= 4 is 39.9 Å². The van der Waals surface area contributed by atoms with Crippen molar-refractivity contribution in [3.63, 3.8) is 0 Å². The van der Waals surface area contributed by atoms with Crippen LogP contribution in [0.15, 0.2) is 36.5 Å². The number of hydrogen-bond donors (Lipinski definition) is 1. The molecule has 1 saturated heterocycles. The second-order valence-corrected chi connectivity index (χ2v) is 8.64. The van der Waals surface area contributed by atoms with Gasteiger partial charge in [0.25, 0.3) is 0 Å². The van der Waals surface area contributed by atoms with E-state index in [2.05, 4.69) is 29.0 Å². The number of amides is 1. The van der Waals surface area contributed by atoms with Gasteiger partial charge in [-0.2, -0.15) is 0 Å². The molecule has 0 spiro atoms. The van der Waals surface area contributed by atoms with E-state index in [0.29, 0.717) is 19.0 Å². The fraction of sp³-hybridized carbons (Fsp3) is 0.350. The molecule has 7 heteroatoms. The highest BCUT2D eigenvalue weighted by Gasteiger charge is 2.26. The number of benzene rings is 1. The Balaban J connectivity index is 1.69. The molecule has 1 amide bonds. The number of hydrogen-bond acceptors (Lipinski definition) is 3. The maximum absolute atomic E-state index is 11.2. The number of nitrogens with zero attached hydrogens (tertiary/aromatic N) is 2. The third-order valence-corrected chi connectivity index (χ3v) is 6.50. The van der Waals surface area contributed by atoms with Crippen LogP contribution in [0.5, 0.6) is 5.75 Å². The van der Waals surface area contributed by atoms with Gasteiger partial charge in [0.1, 0.15) is 5.75 Å². The maximum Gasteiger partial charge on any atom is 0.407 e. The quantitative estimate of drug-likeness (QED) is 0.644. The number of fused-ring (bicyclic) bond motifs is 1.